The summed E-state index contributed by atoms with van der Waals surface area (Å²) in [6.07, 6.45) is 2.53. The number of nitrogens with zero attached hydrogens (tertiary/aromatic N) is 2. The molecule has 2 aromatic carbocycles. The summed E-state index contributed by atoms with van der Waals surface area (Å²) >= 11 is 0. The summed E-state index contributed by atoms with van der Waals surface area (Å²) in [7, 11) is -3.82. The molecule has 1 heterocycles. The molecule has 12 heteroatoms. The number of ether oxygens (including phenoxy) is 2. The summed E-state index contributed by atoms with van der Waals surface area (Å²) < 4.78 is 76.0. The van der Waals surface area contributed by atoms with Crippen LogP contribution < -0.4 is 9.33 Å². The molecule has 0 N–H and O–H groups in total. The van der Waals surface area contributed by atoms with Gasteiger partial charge in [0, 0.05) is 36.8 Å². The molecule has 222 valence electrons. The molecular formula is C29H36F2N2O6SSi. The summed E-state index contributed by atoms with van der Waals surface area (Å²) in [4.78, 5) is 14.8. The second-order valence-electron chi connectivity index (χ2n) is 11.7. The number of benzene rings is 2. The van der Waals surface area contributed by atoms with Crippen molar-refractivity contribution in [3.63, 3.8) is 0 Å². The van der Waals surface area contributed by atoms with Crippen LogP contribution >= 0.6 is 0 Å². The lowest BCUT2D eigenvalue weighted by Crippen LogP contribution is -2.50. The van der Waals surface area contributed by atoms with Gasteiger partial charge in [-0.2, -0.15) is 4.31 Å². The Morgan fingerprint density at radius 1 is 1.05 bits per heavy atom. The first-order valence-corrected chi connectivity index (χ1v) is 17.5. The molecule has 0 saturated heterocycles. The Morgan fingerprint density at radius 2 is 1.66 bits per heavy atom. The number of halogens is 2. The number of carbonyl (C=O) groups is 1. The SMILES string of the molecule is COC1=CC(N2C(=O)N(Cc3c(F)cc(O[Si](C)(C)C(C)(C)C)cc3F)c3ccccc3S2(=O)=O)=CC(C)C1OC. The smallest absolute Gasteiger partial charge is 0.343 e. The number of hydrogen-bond acceptors (Lipinski definition) is 6. The maximum atomic E-state index is 15.4. The highest BCUT2D eigenvalue weighted by Gasteiger charge is 2.45. The highest BCUT2D eigenvalue weighted by atomic mass is 32.2. The number of anilines is 1. The molecule has 0 aromatic heterocycles. The first kappa shape index (κ1) is 30.7. The molecule has 2 aliphatic rings. The van der Waals surface area contributed by atoms with E-state index in [4.69, 9.17) is 13.9 Å². The maximum absolute atomic E-state index is 15.4. The number of para-hydroxylation sites is 1. The van der Waals surface area contributed by atoms with Crippen molar-refractivity contribution < 1.29 is 35.9 Å². The molecule has 2 atom stereocenters. The van der Waals surface area contributed by atoms with Crippen LogP contribution in [-0.4, -0.2) is 47.4 Å². The van der Waals surface area contributed by atoms with Crippen molar-refractivity contribution in [1.82, 2.24) is 4.31 Å². The van der Waals surface area contributed by atoms with Gasteiger partial charge in [0.25, 0.3) is 10.0 Å². The van der Waals surface area contributed by atoms with Gasteiger partial charge in [-0.25, -0.2) is 22.0 Å². The van der Waals surface area contributed by atoms with Crippen LogP contribution in [0.15, 0.2) is 64.9 Å². The molecule has 0 fully saturated rings. The summed E-state index contributed by atoms with van der Waals surface area (Å²) in [6.45, 7) is 11.2. The first-order chi connectivity index (χ1) is 19.0. The molecule has 0 radical (unpaired) electrons. The number of rotatable bonds is 7. The Bertz CT molecular complexity index is 1510. The van der Waals surface area contributed by atoms with Crippen LogP contribution in [-0.2, 0) is 26.0 Å². The molecule has 2 aromatic rings. The summed E-state index contributed by atoms with van der Waals surface area (Å²) in [5, 5.41) is -0.191. The standard InChI is InChI=1S/C29H36F2N2O6SSi/c1-18-13-19(14-25(37-5)27(18)38-6)33-28(34)32(24-11-9-10-12-26(24)40(33,35)36)17-21-22(30)15-20(16-23(21)31)39-41(7,8)29(2,3)4/h9-16,18,27H,17H2,1-8H3. The number of carbonyl (C=O) groups excluding carboxylic acids is 1. The minimum atomic E-state index is -4.37. The second kappa shape index (κ2) is 10.9. The Hall–Kier alpha value is -3.22. The van der Waals surface area contributed by atoms with Crippen LogP contribution in [0.5, 0.6) is 5.75 Å². The Labute approximate surface area is 241 Å². The number of sulfonamides is 1. The molecule has 8 nitrogen and oxygen atoms in total. The number of amides is 2. The minimum absolute atomic E-state index is 0.0179. The summed E-state index contributed by atoms with van der Waals surface area (Å²) in [5.74, 6) is -1.75. The monoisotopic (exact) mass is 606 g/mol. The van der Waals surface area contributed by atoms with E-state index in [1.807, 2.05) is 33.9 Å². The van der Waals surface area contributed by atoms with Gasteiger partial charge in [-0.05, 0) is 30.3 Å². The van der Waals surface area contributed by atoms with Gasteiger partial charge in [0.1, 0.15) is 34.1 Å². The zero-order valence-electron chi connectivity index (χ0n) is 24.5. The fraction of sp³-hybridized carbons (Fsp3) is 0.414. The number of methoxy groups -OCH3 is 2. The molecule has 1 aliphatic carbocycles. The van der Waals surface area contributed by atoms with E-state index < -0.39 is 54.2 Å². The van der Waals surface area contributed by atoms with Crippen molar-refractivity contribution in [3.8, 4) is 5.75 Å². The lowest BCUT2D eigenvalue weighted by molar-refractivity contribution is 0.0524. The Morgan fingerprint density at radius 3 is 2.22 bits per heavy atom. The third-order valence-corrected chi connectivity index (χ3v) is 14.0. The third kappa shape index (κ3) is 5.52. The van der Waals surface area contributed by atoms with Gasteiger partial charge >= 0.3 is 6.03 Å². The molecule has 0 bridgehead atoms. The molecule has 2 unspecified atom stereocenters. The van der Waals surface area contributed by atoms with Gasteiger partial charge in [-0.3, -0.25) is 4.90 Å². The van der Waals surface area contributed by atoms with Crippen molar-refractivity contribution in [2.45, 2.75) is 63.4 Å². The Kier molecular flexibility index (Phi) is 8.15. The van der Waals surface area contributed by atoms with Crippen LogP contribution in [0.25, 0.3) is 0 Å². The zero-order chi connectivity index (χ0) is 30.5. The average molecular weight is 607 g/mol. The minimum Gasteiger partial charge on any atom is -0.543 e. The molecule has 4 rings (SSSR count). The molecule has 41 heavy (non-hydrogen) atoms. The number of fused-ring (bicyclic) bond motifs is 1. The number of urea groups is 1. The zero-order valence-corrected chi connectivity index (χ0v) is 26.3. The molecule has 2 amide bonds. The van der Waals surface area contributed by atoms with Crippen LogP contribution in [0.4, 0.5) is 19.3 Å². The largest absolute Gasteiger partial charge is 0.543 e. The molecule has 0 saturated carbocycles. The van der Waals surface area contributed by atoms with Crippen LogP contribution in [0.3, 0.4) is 0 Å². The first-order valence-electron chi connectivity index (χ1n) is 13.2. The maximum Gasteiger partial charge on any atom is 0.343 e. The molecule has 0 spiro atoms. The van der Waals surface area contributed by atoms with E-state index in [-0.39, 0.29) is 33.0 Å². The summed E-state index contributed by atoms with van der Waals surface area (Å²) in [6, 6.07) is 7.10. The Balaban J connectivity index is 1.78. The predicted octanol–water partition coefficient (Wildman–Crippen LogP) is 6.56. The van der Waals surface area contributed by atoms with Gasteiger partial charge < -0.3 is 13.9 Å². The van der Waals surface area contributed by atoms with E-state index >= 15 is 8.78 Å². The summed E-state index contributed by atoms with van der Waals surface area (Å²) in [5.41, 5.74) is -0.330. The highest BCUT2D eigenvalue weighted by molar-refractivity contribution is 7.90. The van der Waals surface area contributed by atoms with Crippen LogP contribution in [0.1, 0.15) is 33.3 Å². The fourth-order valence-electron chi connectivity index (χ4n) is 4.63. The van der Waals surface area contributed by atoms with Gasteiger partial charge in [-0.15, -0.1) is 0 Å². The molecule has 1 aliphatic heterocycles. The third-order valence-electron chi connectivity index (χ3n) is 7.89. The second-order valence-corrected chi connectivity index (χ2v) is 18.2. The van der Waals surface area contributed by atoms with E-state index in [1.165, 1.54) is 38.5 Å². The van der Waals surface area contributed by atoms with Gasteiger partial charge in [0.05, 0.1) is 25.0 Å². The quantitative estimate of drug-likeness (QED) is 0.332. The lowest BCUT2D eigenvalue weighted by Gasteiger charge is -2.38. The van der Waals surface area contributed by atoms with E-state index in [0.29, 0.717) is 10.1 Å². The van der Waals surface area contributed by atoms with E-state index in [2.05, 4.69) is 0 Å². The normalized spacial score (nSPS) is 20.8. The van der Waals surface area contributed by atoms with Crippen molar-refractivity contribution in [1.29, 1.82) is 0 Å². The molecular weight excluding hydrogens is 570 g/mol. The van der Waals surface area contributed by atoms with Crippen molar-refractivity contribution >= 4 is 30.1 Å². The van der Waals surface area contributed by atoms with E-state index in [1.54, 1.807) is 19.1 Å². The lowest BCUT2D eigenvalue weighted by atomic mass is 9.96. The van der Waals surface area contributed by atoms with E-state index in [0.717, 1.165) is 17.0 Å². The van der Waals surface area contributed by atoms with Crippen LogP contribution in [0.2, 0.25) is 18.1 Å². The average Bonchev–Trinajstić information content (AvgIpc) is 2.86. The van der Waals surface area contributed by atoms with E-state index in [9.17, 15) is 13.2 Å². The van der Waals surface area contributed by atoms with Crippen LogP contribution in [0, 0.1) is 17.6 Å². The topological polar surface area (TPSA) is 85.4 Å². The van der Waals surface area contributed by atoms with Gasteiger partial charge in [-0.1, -0.05) is 45.9 Å². The highest BCUT2D eigenvalue weighted by Crippen LogP contribution is 2.41. The number of allylic oxidation sites excluding steroid dienone is 1. The van der Waals surface area contributed by atoms with Crippen molar-refractivity contribution in [2.75, 3.05) is 19.1 Å². The van der Waals surface area contributed by atoms with Crippen molar-refractivity contribution in [3.05, 3.63) is 77.2 Å². The van der Waals surface area contributed by atoms with Crippen molar-refractivity contribution in [2.24, 2.45) is 5.92 Å². The predicted molar refractivity (Wildman–Crippen MR) is 154 cm³/mol. The fourth-order valence-corrected chi connectivity index (χ4v) is 7.23. The number of hydrogen-bond donors (Lipinski definition) is 0. The van der Waals surface area contributed by atoms with Gasteiger partial charge in [0.2, 0.25) is 8.32 Å². The van der Waals surface area contributed by atoms with Gasteiger partial charge in [0.15, 0.2) is 0 Å².